The van der Waals surface area contributed by atoms with Gasteiger partial charge in [0.05, 0.1) is 21.3 Å². The molecule has 0 aliphatic carbocycles. The summed E-state index contributed by atoms with van der Waals surface area (Å²) in [6.45, 7) is 0. The average molecular weight is 532 g/mol. The smallest absolute Gasteiger partial charge is 0.231 e. The highest BCUT2D eigenvalue weighted by molar-refractivity contribution is 7.21. The molecule has 0 N–H and O–H groups in total. The van der Waals surface area contributed by atoms with Crippen molar-refractivity contribution >= 4 is 43.6 Å². The topological polar surface area (TPSA) is 51.8 Å². The first-order valence-electron chi connectivity index (χ1n) is 13.1. The van der Waals surface area contributed by atoms with E-state index in [4.69, 9.17) is 19.4 Å². The van der Waals surface area contributed by atoms with Crippen molar-refractivity contribution in [3.8, 4) is 44.3 Å². The molecule has 0 unspecified atom stereocenters. The Labute approximate surface area is 234 Å². The molecule has 188 valence electrons. The fourth-order valence-electron chi connectivity index (χ4n) is 5.22. The highest BCUT2D eigenvalue weighted by atomic mass is 32.1. The molecule has 8 rings (SSSR count). The summed E-state index contributed by atoms with van der Waals surface area (Å²) in [5.74, 6) is 0.634. The van der Waals surface area contributed by atoms with Gasteiger partial charge >= 0.3 is 0 Å². The Hall–Kier alpha value is -5.13. The van der Waals surface area contributed by atoms with Gasteiger partial charge in [-0.15, -0.1) is 11.3 Å². The minimum Gasteiger partial charge on any atom is -0.438 e. The number of rotatable bonds is 4. The Morgan fingerprint density at radius 2 is 1.20 bits per heavy atom. The van der Waals surface area contributed by atoms with E-state index < -0.39 is 0 Å². The molecule has 8 aromatic rings. The van der Waals surface area contributed by atoms with E-state index in [1.165, 1.54) is 4.70 Å². The van der Waals surface area contributed by atoms with Crippen LogP contribution in [0.15, 0.2) is 132 Å². The van der Waals surface area contributed by atoms with Crippen LogP contribution in [0.3, 0.4) is 0 Å². The van der Waals surface area contributed by atoms with Crippen molar-refractivity contribution < 1.29 is 4.42 Å². The SMILES string of the molecule is c1ccc(-c2nc(-c3cccc(-c4cccc(-c5nc6ccccc6s5)c4)c3)nc3oc4ccccc4c23)cc1. The van der Waals surface area contributed by atoms with Crippen molar-refractivity contribution in [2.45, 2.75) is 0 Å². The maximum Gasteiger partial charge on any atom is 0.231 e. The molecule has 5 aromatic carbocycles. The van der Waals surface area contributed by atoms with Gasteiger partial charge in [0, 0.05) is 22.1 Å². The monoisotopic (exact) mass is 531 g/mol. The number of aromatic nitrogens is 3. The van der Waals surface area contributed by atoms with Crippen LogP contribution in [0, 0.1) is 0 Å². The fraction of sp³-hybridized carbons (Fsp3) is 0. The first kappa shape index (κ1) is 22.8. The molecule has 4 nitrogen and oxygen atoms in total. The van der Waals surface area contributed by atoms with Gasteiger partial charge in [0.2, 0.25) is 5.71 Å². The van der Waals surface area contributed by atoms with Crippen molar-refractivity contribution in [1.82, 2.24) is 15.0 Å². The van der Waals surface area contributed by atoms with Crippen molar-refractivity contribution in [3.63, 3.8) is 0 Å². The third-order valence-electron chi connectivity index (χ3n) is 7.14. The van der Waals surface area contributed by atoms with Gasteiger partial charge in [0.15, 0.2) is 5.82 Å². The highest BCUT2D eigenvalue weighted by Crippen LogP contribution is 2.37. The molecule has 0 atom stereocenters. The van der Waals surface area contributed by atoms with Crippen molar-refractivity contribution in [1.29, 1.82) is 0 Å². The minimum atomic E-state index is 0.591. The third kappa shape index (κ3) is 3.87. The van der Waals surface area contributed by atoms with E-state index in [9.17, 15) is 0 Å². The van der Waals surface area contributed by atoms with Crippen LogP contribution in [0.5, 0.6) is 0 Å². The number of hydrogen-bond acceptors (Lipinski definition) is 5. The van der Waals surface area contributed by atoms with Gasteiger partial charge in [-0.1, -0.05) is 97.1 Å². The van der Waals surface area contributed by atoms with Gasteiger partial charge in [-0.25, -0.2) is 9.97 Å². The zero-order valence-electron chi connectivity index (χ0n) is 21.3. The standard InChI is InChI=1S/C35H21N3OS/c1-2-10-22(11-3-1)32-31-27-16-4-6-18-29(27)39-34(31)38-33(37-32)25-14-8-12-23(20-25)24-13-9-15-26(21-24)35-36-28-17-5-7-19-30(28)40-35/h1-21H. The summed E-state index contributed by atoms with van der Waals surface area (Å²) >= 11 is 1.71. The summed E-state index contributed by atoms with van der Waals surface area (Å²) in [6.07, 6.45) is 0. The van der Waals surface area contributed by atoms with Gasteiger partial charge < -0.3 is 4.42 Å². The van der Waals surface area contributed by atoms with E-state index >= 15 is 0 Å². The zero-order valence-corrected chi connectivity index (χ0v) is 22.1. The average Bonchev–Trinajstić information content (AvgIpc) is 3.63. The maximum atomic E-state index is 6.22. The number of para-hydroxylation sites is 2. The molecule has 0 fully saturated rings. The predicted octanol–water partition coefficient (Wildman–Crippen LogP) is 9.65. The van der Waals surface area contributed by atoms with Crippen LogP contribution in [0.25, 0.3) is 76.6 Å². The van der Waals surface area contributed by atoms with Crippen molar-refractivity contribution in [2.24, 2.45) is 0 Å². The van der Waals surface area contributed by atoms with Crippen LogP contribution >= 0.6 is 11.3 Å². The fourth-order valence-corrected chi connectivity index (χ4v) is 6.18. The van der Waals surface area contributed by atoms with Crippen molar-refractivity contribution in [2.75, 3.05) is 0 Å². The highest BCUT2D eigenvalue weighted by Gasteiger charge is 2.18. The summed E-state index contributed by atoms with van der Waals surface area (Å²) in [5.41, 5.74) is 8.58. The van der Waals surface area contributed by atoms with Gasteiger partial charge in [-0.05, 0) is 41.5 Å². The van der Waals surface area contributed by atoms with Crippen molar-refractivity contribution in [3.05, 3.63) is 127 Å². The Bertz CT molecular complexity index is 2150. The van der Waals surface area contributed by atoms with E-state index in [2.05, 4.69) is 84.9 Å². The zero-order chi connectivity index (χ0) is 26.5. The largest absolute Gasteiger partial charge is 0.438 e. The van der Waals surface area contributed by atoms with Crippen LogP contribution in [0.2, 0.25) is 0 Å². The van der Waals surface area contributed by atoms with E-state index in [1.54, 1.807) is 11.3 Å². The molecule has 0 saturated carbocycles. The molecule has 0 bridgehead atoms. The molecule has 0 aliphatic heterocycles. The summed E-state index contributed by atoms with van der Waals surface area (Å²) in [4.78, 5) is 14.9. The Morgan fingerprint density at radius 3 is 2.05 bits per heavy atom. The molecule has 40 heavy (non-hydrogen) atoms. The molecule has 0 radical (unpaired) electrons. The number of fused-ring (bicyclic) bond motifs is 4. The minimum absolute atomic E-state index is 0.591. The van der Waals surface area contributed by atoms with Crippen LogP contribution in [-0.2, 0) is 0 Å². The first-order valence-corrected chi connectivity index (χ1v) is 13.9. The summed E-state index contributed by atoms with van der Waals surface area (Å²) in [7, 11) is 0. The number of thiazole rings is 1. The Morgan fingerprint density at radius 1 is 0.525 bits per heavy atom. The van der Waals surface area contributed by atoms with Crippen LogP contribution in [0.1, 0.15) is 0 Å². The molecule has 5 heteroatoms. The van der Waals surface area contributed by atoms with E-state index in [0.717, 1.165) is 60.4 Å². The number of furan rings is 1. The predicted molar refractivity (Wildman–Crippen MR) is 164 cm³/mol. The number of nitrogens with zero attached hydrogens (tertiary/aromatic N) is 3. The second-order valence-electron chi connectivity index (χ2n) is 9.69. The van der Waals surface area contributed by atoms with Gasteiger partial charge in [0.1, 0.15) is 10.6 Å². The Balaban J connectivity index is 1.26. The van der Waals surface area contributed by atoms with Gasteiger partial charge in [-0.3, -0.25) is 0 Å². The van der Waals surface area contributed by atoms with E-state index in [0.29, 0.717) is 11.5 Å². The molecule has 0 saturated heterocycles. The van der Waals surface area contributed by atoms with Gasteiger partial charge in [0.25, 0.3) is 0 Å². The molecule has 0 aliphatic rings. The summed E-state index contributed by atoms with van der Waals surface area (Å²) < 4.78 is 7.42. The lowest BCUT2D eigenvalue weighted by Crippen LogP contribution is -1.94. The third-order valence-corrected chi connectivity index (χ3v) is 8.23. The first-order chi connectivity index (χ1) is 19.8. The van der Waals surface area contributed by atoms with Crippen LogP contribution in [0.4, 0.5) is 0 Å². The molecule has 0 spiro atoms. The lowest BCUT2D eigenvalue weighted by Gasteiger charge is -2.09. The van der Waals surface area contributed by atoms with Crippen LogP contribution in [-0.4, -0.2) is 15.0 Å². The second-order valence-corrected chi connectivity index (χ2v) is 10.7. The summed E-state index contributed by atoms with van der Waals surface area (Å²) in [5, 5.41) is 2.97. The lowest BCUT2D eigenvalue weighted by atomic mass is 10.0. The second kappa shape index (κ2) is 9.26. The van der Waals surface area contributed by atoms with E-state index in [1.807, 2.05) is 42.5 Å². The Kier molecular flexibility index (Phi) is 5.28. The number of hydrogen-bond donors (Lipinski definition) is 0. The van der Waals surface area contributed by atoms with E-state index in [-0.39, 0.29) is 0 Å². The maximum absolute atomic E-state index is 6.22. The summed E-state index contributed by atoms with van der Waals surface area (Å²) in [6, 6.07) is 43.5. The molecule has 3 heterocycles. The molecule has 0 amide bonds. The molecule has 3 aromatic heterocycles. The molecular weight excluding hydrogens is 510 g/mol. The number of benzene rings is 5. The van der Waals surface area contributed by atoms with Crippen LogP contribution < -0.4 is 0 Å². The van der Waals surface area contributed by atoms with Gasteiger partial charge in [-0.2, -0.15) is 4.98 Å². The lowest BCUT2D eigenvalue weighted by molar-refractivity contribution is 0.653. The molecular formula is C35H21N3OS. The normalized spacial score (nSPS) is 11.5. The quantitative estimate of drug-likeness (QED) is 0.227.